The van der Waals surface area contributed by atoms with E-state index in [1.54, 1.807) is 17.1 Å². The molecule has 6 heteroatoms. The summed E-state index contributed by atoms with van der Waals surface area (Å²) in [5.74, 6) is 0.445. The van der Waals surface area contributed by atoms with E-state index in [2.05, 4.69) is 15.4 Å². The fraction of sp³-hybridized carbons (Fsp3) is 0.308. The number of aromatic nitrogens is 3. The van der Waals surface area contributed by atoms with Crippen molar-refractivity contribution in [3.8, 4) is 5.82 Å². The monoisotopic (exact) mass is 260 g/mol. The van der Waals surface area contributed by atoms with Crippen LogP contribution in [0.4, 0.5) is 5.69 Å². The van der Waals surface area contributed by atoms with Gasteiger partial charge in [0.15, 0.2) is 5.82 Å². The van der Waals surface area contributed by atoms with Gasteiger partial charge in [-0.25, -0.2) is 14.5 Å². The number of carbonyl (C=O) groups is 1. The second kappa shape index (κ2) is 5.99. The molecule has 0 aromatic carbocycles. The highest BCUT2D eigenvalue weighted by molar-refractivity contribution is 5.79. The van der Waals surface area contributed by atoms with Crippen molar-refractivity contribution in [2.45, 2.75) is 19.4 Å². The van der Waals surface area contributed by atoms with Gasteiger partial charge < -0.3 is 10.1 Å². The number of pyridine rings is 1. The van der Waals surface area contributed by atoms with Crippen LogP contribution < -0.4 is 5.32 Å². The molecule has 0 aliphatic carbocycles. The summed E-state index contributed by atoms with van der Waals surface area (Å²) in [5, 5.41) is 7.18. The standard InChI is InChI=1S/C13H16N4O2/c1-3-11(13(18)19-2)16-10-5-6-12(14-9-10)17-8-4-7-15-17/h4-9,11,16H,3H2,1-2H3. The second-order valence-electron chi connectivity index (χ2n) is 3.98. The molecule has 1 atom stereocenters. The molecule has 0 aliphatic rings. The molecule has 1 unspecified atom stereocenters. The molecule has 2 heterocycles. The summed E-state index contributed by atoms with van der Waals surface area (Å²) in [6, 6.07) is 5.16. The van der Waals surface area contributed by atoms with E-state index in [4.69, 9.17) is 4.74 Å². The van der Waals surface area contributed by atoms with Crippen molar-refractivity contribution in [1.29, 1.82) is 0 Å². The first-order chi connectivity index (χ1) is 9.24. The number of nitrogens with one attached hydrogen (secondary N) is 1. The maximum atomic E-state index is 11.5. The average Bonchev–Trinajstić information content (AvgIpc) is 2.98. The zero-order valence-corrected chi connectivity index (χ0v) is 10.9. The van der Waals surface area contributed by atoms with Crippen LogP contribution in [0, 0.1) is 0 Å². The molecule has 6 nitrogen and oxygen atoms in total. The van der Waals surface area contributed by atoms with Crippen LogP contribution in [0.1, 0.15) is 13.3 Å². The molecule has 1 N–H and O–H groups in total. The number of carbonyl (C=O) groups excluding carboxylic acids is 1. The van der Waals surface area contributed by atoms with Gasteiger partial charge in [-0.1, -0.05) is 6.92 Å². The van der Waals surface area contributed by atoms with Gasteiger partial charge >= 0.3 is 5.97 Å². The third-order valence-corrected chi connectivity index (χ3v) is 2.72. The Morgan fingerprint density at radius 2 is 2.37 bits per heavy atom. The van der Waals surface area contributed by atoms with E-state index >= 15 is 0 Å². The SMILES string of the molecule is CCC(Nc1ccc(-n2cccn2)nc1)C(=O)OC. The van der Waals surface area contributed by atoms with Crippen molar-refractivity contribution >= 4 is 11.7 Å². The lowest BCUT2D eigenvalue weighted by Crippen LogP contribution is -2.29. The molecule has 0 saturated heterocycles. The summed E-state index contributed by atoms with van der Waals surface area (Å²) < 4.78 is 6.39. The van der Waals surface area contributed by atoms with Gasteiger partial charge in [0.1, 0.15) is 6.04 Å². The Hall–Kier alpha value is -2.37. The molecular formula is C13H16N4O2. The van der Waals surface area contributed by atoms with Gasteiger partial charge in [-0.05, 0) is 24.6 Å². The van der Waals surface area contributed by atoms with Gasteiger partial charge in [-0.15, -0.1) is 0 Å². The van der Waals surface area contributed by atoms with Crippen LogP contribution in [0.5, 0.6) is 0 Å². The van der Waals surface area contributed by atoms with Crippen molar-refractivity contribution < 1.29 is 9.53 Å². The smallest absolute Gasteiger partial charge is 0.328 e. The number of hydrogen-bond acceptors (Lipinski definition) is 5. The highest BCUT2D eigenvalue weighted by Crippen LogP contribution is 2.11. The Balaban J connectivity index is 2.08. The molecule has 2 rings (SSSR count). The lowest BCUT2D eigenvalue weighted by Gasteiger charge is -2.15. The first kappa shape index (κ1) is 13.1. The molecule has 0 saturated carbocycles. The lowest BCUT2D eigenvalue weighted by molar-refractivity contribution is -0.141. The van der Waals surface area contributed by atoms with E-state index in [1.807, 2.05) is 31.3 Å². The van der Waals surface area contributed by atoms with Gasteiger partial charge in [0.25, 0.3) is 0 Å². The second-order valence-corrected chi connectivity index (χ2v) is 3.98. The highest BCUT2D eigenvalue weighted by atomic mass is 16.5. The van der Waals surface area contributed by atoms with Gasteiger partial charge in [0.05, 0.1) is 19.0 Å². The molecular weight excluding hydrogens is 244 g/mol. The Kier molecular flexibility index (Phi) is 4.12. The predicted molar refractivity (Wildman–Crippen MR) is 71.1 cm³/mol. The lowest BCUT2D eigenvalue weighted by atomic mass is 10.2. The summed E-state index contributed by atoms with van der Waals surface area (Å²) >= 11 is 0. The number of esters is 1. The highest BCUT2D eigenvalue weighted by Gasteiger charge is 2.16. The average molecular weight is 260 g/mol. The molecule has 100 valence electrons. The largest absolute Gasteiger partial charge is 0.467 e. The van der Waals surface area contributed by atoms with Crippen molar-refractivity contribution in [3.05, 3.63) is 36.8 Å². The van der Waals surface area contributed by atoms with E-state index in [9.17, 15) is 4.79 Å². The minimum Gasteiger partial charge on any atom is -0.467 e. The fourth-order valence-corrected chi connectivity index (χ4v) is 1.68. The Labute approximate surface area is 111 Å². The van der Waals surface area contributed by atoms with E-state index in [0.29, 0.717) is 6.42 Å². The quantitative estimate of drug-likeness (QED) is 0.827. The molecule has 2 aromatic rings. The number of rotatable bonds is 5. The number of methoxy groups -OCH3 is 1. The third-order valence-electron chi connectivity index (χ3n) is 2.72. The van der Waals surface area contributed by atoms with Crippen molar-refractivity contribution in [2.24, 2.45) is 0 Å². The maximum absolute atomic E-state index is 11.5. The van der Waals surface area contributed by atoms with Gasteiger partial charge in [-0.3, -0.25) is 0 Å². The Bertz CT molecular complexity index is 522. The molecule has 2 aromatic heterocycles. The van der Waals surface area contributed by atoms with Crippen LogP contribution in [0.2, 0.25) is 0 Å². The van der Waals surface area contributed by atoms with E-state index in [0.717, 1.165) is 11.5 Å². The van der Waals surface area contributed by atoms with Crippen molar-refractivity contribution in [1.82, 2.24) is 14.8 Å². The van der Waals surface area contributed by atoms with Gasteiger partial charge in [0, 0.05) is 12.4 Å². The topological polar surface area (TPSA) is 69.0 Å². The van der Waals surface area contributed by atoms with Crippen LogP contribution in [0.25, 0.3) is 5.82 Å². The van der Waals surface area contributed by atoms with Crippen molar-refractivity contribution in [3.63, 3.8) is 0 Å². The number of nitrogens with zero attached hydrogens (tertiary/aromatic N) is 3. The van der Waals surface area contributed by atoms with Crippen LogP contribution in [-0.4, -0.2) is 33.9 Å². The molecule has 19 heavy (non-hydrogen) atoms. The number of ether oxygens (including phenoxy) is 1. The first-order valence-electron chi connectivity index (χ1n) is 6.05. The van der Waals surface area contributed by atoms with E-state index in [-0.39, 0.29) is 12.0 Å². The van der Waals surface area contributed by atoms with E-state index in [1.165, 1.54) is 7.11 Å². The zero-order valence-electron chi connectivity index (χ0n) is 10.9. The maximum Gasteiger partial charge on any atom is 0.328 e. The van der Waals surface area contributed by atoms with Crippen LogP contribution in [0.15, 0.2) is 36.8 Å². The fourth-order valence-electron chi connectivity index (χ4n) is 1.68. The molecule has 0 spiro atoms. The van der Waals surface area contributed by atoms with E-state index < -0.39 is 0 Å². The number of anilines is 1. The van der Waals surface area contributed by atoms with Crippen LogP contribution in [-0.2, 0) is 9.53 Å². The summed E-state index contributed by atoms with van der Waals surface area (Å²) in [4.78, 5) is 15.8. The first-order valence-corrected chi connectivity index (χ1v) is 6.05. The molecule has 0 radical (unpaired) electrons. The van der Waals surface area contributed by atoms with Crippen molar-refractivity contribution in [2.75, 3.05) is 12.4 Å². The van der Waals surface area contributed by atoms with Crippen LogP contribution >= 0.6 is 0 Å². The minimum atomic E-state index is -0.359. The van der Waals surface area contributed by atoms with Gasteiger partial charge in [0.2, 0.25) is 0 Å². The minimum absolute atomic E-state index is 0.279. The molecule has 0 aliphatic heterocycles. The normalized spacial score (nSPS) is 11.9. The molecule has 0 fully saturated rings. The Morgan fingerprint density at radius 3 is 2.89 bits per heavy atom. The summed E-state index contributed by atoms with van der Waals surface area (Å²) in [6.07, 6.45) is 5.83. The third kappa shape index (κ3) is 3.09. The molecule has 0 bridgehead atoms. The summed E-state index contributed by atoms with van der Waals surface area (Å²) in [5.41, 5.74) is 0.771. The van der Waals surface area contributed by atoms with Crippen LogP contribution in [0.3, 0.4) is 0 Å². The summed E-state index contributed by atoms with van der Waals surface area (Å²) in [7, 11) is 1.38. The predicted octanol–water partition coefficient (Wildman–Crippen LogP) is 1.63. The summed E-state index contributed by atoms with van der Waals surface area (Å²) in [6.45, 7) is 1.92. The van der Waals surface area contributed by atoms with Gasteiger partial charge in [-0.2, -0.15) is 5.10 Å². The zero-order chi connectivity index (χ0) is 13.7. The number of hydrogen-bond donors (Lipinski definition) is 1. The Morgan fingerprint density at radius 1 is 1.53 bits per heavy atom. The molecule has 0 amide bonds.